The Morgan fingerprint density at radius 2 is 0.858 bits per heavy atom. The zero-order valence-corrected chi connectivity index (χ0v) is 68.2. The Morgan fingerprint density at radius 1 is 0.416 bits per heavy atom. The number of rotatable bonds is 25. The fourth-order valence-corrected chi connectivity index (χ4v) is 17.1. The molecule has 0 aromatic rings. The Kier molecular flexibility index (Phi) is 29.5. The van der Waals surface area contributed by atoms with Crippen LogP contribution in [-0.4, -0.2) is 199 Å². The van der Waals surface area contributed by atoms with Crippen molar-refractivity contribution in [2.24, 2.45) is 109 Å². The predicted octanol–water partition coefficient (Wildman–Crippen LogP) is 7.31. The van der Waals surface area contributed by atoms with Crippen molar-refractivity contribution in [2.45, 2.75) is 236 Å². The van der Waals surface area contributed by atoms with Gasteiger partial charge >= 0.3 is 89.5 Å². The molecule has 0 aromatic heterocycles. The van der Waals surface area contributed by atoms with Gasteiger partial charge in [-0.25, -0.2) is 28.8 Å². The molecule has 630 valence electrons. The van der Waals surface area contributed by atoms with E-state index in [1.165, 1.54) is 26.4 Å². The Hall–Kier alpha value is -8.50. The SMILES string of the molecule is CCC(C)(C)C(=O)OCC(=O)OC.CCC(C)(C)C(=O)OCC(=O)OC1C2CC(C1OC)C1C(=O)OCC21.CCC(C)(C)C(=O)OCC(=O)OC1C2CC3C(=O)OC1C3C2.CCC(C)(C)C(=O)OCC(=O)OC1C2CC3C1OC(=O)C3(C#N)C2.CCC(C)(C)C(=O)OCC(=O)OC1CCOC1=O.O=C1OCC2C3CCC(C3)C12. The van der Waals surface area contributed by atoms with E-state index in [1.54, 1.807) is 76.3 Å². The Morgan fingerprint density at radius 3 is 1.30 bits per heavy atom. The minimum Gasteiger partial charge on any atom is -0.466 e. The molecule has 13 fully saturated rings. The summed E-state index contributed by atoms with van der Waals surface area (Å²) in [5, 5.41) is 9.33. The molecule has 113 heavy (non-hydrogen) atoms. The maximum atomic E-state index is 12.2. The van der Waals surface area contributed by atoms with Gasteiger partial charge in [0.1, 0.15) is 30.5 Å². The van der Waals surface area contributed by atoms with Gasteiger partial charge in [-0.3, -0.25) is 43.2 Å². The van der Waals surface area contributed by atoms with Crippen molar-refractivity contribution in [3.8, 4) is 6.07 Å². The van der Waals surface area contributed by atoms with Gasteiger partial charge in [0, 0.05) is 60.9 Å². The van der Waals surface area contributed by atoms with E-state index in [2.05, 4.69) is 15.5 Å². The molecule has 0 spiro atoms. The second kappa shape index (κ2) is 37.0. The highest BCUT2D eigenvalue weighted by molar-refractivity contribution is 5.87. The van der Waals surface area contributed by atoms with Crippen molar-refractivity contribution in [1.82, 2.24) is 0 Å². The molecule has 13 rings (SSSR count). The molecule has 5 saturated heterocycles. The standard InChI is InChI=1S/C18H26O7.C17H21NO6.C16H22O6.C12H18O6.C9H16O4.C9H12O2/c1-5-18(2,3)17(21)24-8-12(19)25-15-9-6-10(14(15)22-4)13-11(9)7-23-16(13)20;1-4-16(2,3)14(20)22-7-11(19)23-12-9-5-10-13(12)24-15(21)17(10,6-9)8-18;1-4-16(2,3)15(19)20-7-11(17)21-12-8-5-9-10(6-8)14(18)22-13(9)12;1-4-12(2,3)11(15)17-7-9(13)18-8-5-6-16-10(8)14;1-5-9(2,3)8(11)13-6-7(10)12-4;10-9-8-6-2-1-5(3-6)7(8)4-11-9/h9-11,13-15H,5-8H2,1-4H3;9-10,12-13H,4-7H2,1-3H3;8-10,12-13H,4-7H2,1-3H3;8H,4-7H2,1-3H3;5-6H2,1-4H3;5-8H,1-4H2. The van der Waals surface area contributed by atoms with Crippen LogP contribution in [0.2, 0.25) is 0 Å². The Balaban J connectivity index is 0.000000173. The number of methoxy groups -OCH3 is 2. The predicted molar refractivity (Wildman–Crippen MR) is 385 cm³/mol. The van der Waals surface area contributed by atoms with Crippen molar-refractivity contribution < 1.29 is 148 Å². The Bertz CT molecular complexity index is 3620. The smallest absolute Gasteiger partial charge is 0.347 e. The number of hydrogen-bond donors (Lipinski definition) is 0. The van der Waals surface area contributed by atoms with Crippen LogP contribution in [0, 0.1) is 121 Å². The van der Waals surface area contributed by atoms with E-state index in [-0.39, 0.29) is 115 Å². The third kappa shape index (κ3) is 20.1. The normalized spacial score (nSPS) is 32.0. The van der Waals surface area contributed by atoms with Gasteiger partial charge in [0.25, 0.3) is 0 Å². The van der Waals surface area contributed by atoms with Crippen LogP contribution in [0.15, 0.2) is 0 Å². The van der Waals surface area contributed by atoms with Crippen molar-refractivity contribution in [2.75, 3.05) is 67.1 Å². The van der Waals surface area contributed by atoms with E-state index in [0.717, 1.165) is 31.8 Å². The summed E-state index contributed by atoms with van der Waals surface area (Å²) in [6.45, 7) is 26.3. The lowest BCUT2D eigenvalue weighted by Crippen LogP contribution is -2.46. The molecule has 21 unspecified atom stereocenters. The molecule has 0 N–H and O–H groups in total. The van der Waals surface area contributed by atoms with Crippen LogP contribution < -0.4 is 0 Å². The summed E-state index contributed by atoms with van der Waals surface area (Å²) in [4.78, 5) is 174. The molecule has 8 aliphatic carbocycles. The zero-order chi connectivity index (χ0) is 83.8. The maximum Gasteiger partial charge on any atom is 0.347 e. The molecule has 21 atom stereocenters. The molecule has 0 radical (unpaired) electrons. The van der Waals surface area contributed by atoms with Gasteiger partial charge in [0.15, 0.2) is 38.4 Å². The van der Waals surface area contributed by atoms with Gasteiger partial charge in [0.2, 0.25) is 6.10 Å². The van der Waals surface area contributed by atoms with Crippen molar-refractivity contribution in [3.63, 3.8) is 0 Å². The van der Waals surface area contributed by atoms with Crippen molar-refractivity contribution in [3.05, 3.63) is 0 Å². The molecule has 5 heterocycles. The first-order valence-electron chi connectivity index (χ1n) is 39.6. The van der Waals surface area contributed by atoms with E-state index in [1.807, 2.05) is 34.6 Å². The minimum absolute atomic E-state index is 0.00636. The third-order valence-electron chi connectivity index (χ3n) is 26.1. The molecule has 8 saturated carbocycles. The molecular formula is C81H115NO31. The summed E-state index contributed by atoms with van der Waals surface area (Å²) in [7, 11) is 2.81. The quantitative estimate of drug-likeness (QED) is 0.0638. The average Bonchev–Trinajstić information content (AvgIpc) is 1.54. The number of carbonyl (C=O) groups is 15. The lowest BCUT2D eigenvalue weighted by molar-refractivity contribution is -0.176. The van der Waals surface area contributed by atoms with Crippen LogP contribution in [0.5, 0.6) is 0 Å². The summed E-state index contributed by atoms with van der Waals surface area (Å²) in [6, 6.07) is 2.10. The van der Waals surface area contributed by atoms with E-state index in [0.29, 0.717) is 75.7 Å². The Labute approximate surface area is 659 Å². The van der Waals surface area contributed by atoms with Crippen molar-refractivity contribution in [1.29, 1.82) is 5.26 Å². The zero-order valence-electron chi connectivity index (χ0n) is 68.2. The highest BCUT2D eigenvalue weighted by atomic mass is 16.7. The number of carbonyl (C=O) groups excluding carboxylic acids is 15. The number of cyclic esters (lactones) is 3. The van der Waals surface area contributed by atoms with Crippen LogP contribution in [0.3, 0.4) is 0 Å². The van der Waals surface area contributed by atoms with Crippen LogP contribution in [0.4, 0.5) is 0 Å². The molecule has 32 nitrogen and oxygen atoms in total. The summed E-state index contributed by atoms with van der Waals surface area (Å²) >= 11 is 0. The molecule has 0 aromatic carbocycles. The van der Waals surface area contributed by atoms with Gasteiger partial charge in [-0.2, -0.15) is 5.26 Å². The minimum atomic E-state index is -1.06. The topological polar surface area (TPSA) is 428 Å². The summed E-state index contributed by atoms with van der Waals surface area (Å²) in [6.07, 6.45) is 7.45. The van der Waals surface area contributed by atoms with Gasteiger partial charge in [-0.15, -0.1) is 0 Å². The van der Waals surface area contributed by atoms with E-state index in [9.17, 15) is 77.2 Å². The highest BCUT2D eigenvalue weighted by Crippen LogP contribution is 2.63. The van der Waals surface area contributed by atoms with Crippen LogP contribution in [-0.2, 0) is 148 Å². The molecule has 5 aliphatic heterocycles. The summed E-state index contributed by atoms with van der Waals surface area (Å²) in [5.41, 5.74) is -4.12. The van der Waals surface area contributed by atoms with Crippen molar-refractivity contribution >= 4 is 89.5 Å². The van der Waals surface area contributed by atoms with Gasteiger partial charge in [-0.1, -0.05) is 34.6 Å². The maximum absolute atomic E-state index is 12.2. The fraction of sp³-hybridized carbons (Fsp3) is 0.802. The van der Waals surface area contributed by atoms with E-state index in [4.69, 9.17) is 66.3 Å². The summed E-state index contributed by atoms with van der Waals surface area (Å²) < 4.78 is 81.3. The molecule has 0 amide bonds. The second-order valence-corrected chi connectivity index (χ2v) is 34.8. The third-order valence-corrected chi connectivity index (χ3v) is 26.1. The first-order chi connectivity index (χ1) is 53.0. The van der Waals surface area contributed by atoms with Gasteiger partial charge in [-0.05, 0) is 165 Å². The number of nitriles is 1. The first-order valence-corrected chi connectivity index (χ1v) is 39.6. The number of ether oxygens (including phenoxy) is 16. The number of hydrogen-bond acceptors (Lipinski definition) is 32. The lowest BCUT2D eigenvalue weighted by atomic mass is 9.75. The molecular weight excluding hydrogens is 1480 g/mol. The first kappa shape index (κ1) is 90.0. The van der Waals surface area contributed by atoms with E-state index < -0.39 is 142 Å². The average molecular weight is 1600 g/mol. The number of esters is 15. The fourth-order valence-electron chi connectivity index (χ4n) is 17.1. The highest BCUT2D eigenvalue weighted by Gasteiger charge is 2.73. The molecule has 32 heteroatoms. The van der Waals surface area contributed by atoms with E-state index >= 15 is 0 Å². The van der Waals surface area contributed by atoms with Gasteiger partial charge in [0.05, 0.1) is 83.9 Å². The van der Waals surface area contributed by atoms with Crippen LogP contribution >= 0.6 is 0 Å². The van der Waals surface area contributed by atoms with Crippen LogP contribution in [0.1, 0.15) is 194 Å². The largest absolute Gasteiger partial charge is 0.466 e. The lowest BCUT2D eigenvalue weighted by Gasteiger charge is -2.34. The summed E-state index contributed by atoms with van der Waals surface area (Å²) in [5.74, 6) is -3.91. The monoisotopic (exact) mass is 1600 g/mol. The number of nitrogens with zero attached hydrogens (tertiary/aromatic N) is 1. The molecule has 8 bridgehead atoms. The van der Waals surface area contributed by atoms with Crippen LogP contribution in [0.25, 0.3) is 0 Å². The molecule has 13 aliphatic rings. The number of fused-ring (bicyclic) bond motifs is 12. The second-order valence-electron chi connectivity index (χ2n) is 34.8. The van der Waals surface area contributed by atoms with Gasteiger partial charge < -0.3 is 75.8 Å².